The Morgan fingerprint density at radius 1 is 1.30 bits per heavy atom. The van der Waals surface area contributed by atoms with Crippen molar-refractivity contribution in [2.24, 2.45) is 0 Å². The summed E-state index contributed by atoms with van der Waals surface area (Å²) in [4.78, 5) is -0.0772. The summed E-state index contributed by atoms with van der Waals surface area (Å²) in [6.07, 6.45) is 0. The molecule has 1 rings (SSSR count). The van der Waals surface area contributed by atoms with Crippen LogP contribution in [0, 0.1) is 0 Å². The molecule has 55 valence electrons. The van der Waals surface area contributed by atoms with Gasteiger partial charge < -0.3 is 0 Å². The first kappa shape index (κ1) is 9.01. The van der Waals surface area contributed by atoms with Crippen LogP contribution in [-0.2, 0) is 24.1 Å². The Labute approximate surface area is 78.6 Å². The van der Waals surface area contributed by atoms with Gasteiger partial charge in [-0.25, -0.2) is 0 Å². The van der Waals surface area contributed by atoms with Gasteiger partial charge in [-0.1, -0.05) is 0 Å². The van der Waals surface area contributed by atoms with Crippen LogP contribution in [0.3, 0.4) is 0 Å². The van der Waals surface area contributed by atoms with Crippen LogP contribution in [0.1, 0.15) is 27.7 Å². The zero-order chi connectivity index (χ0) is 7.89. The van der Waals surface area contributed by atoms with Crippen molar-refractivity contribution < 1.29 is 24.1 Å². The van der Waals surface area contributed by atoms with E-state index in [1.807, 2.05) is 0 Å². The van der Waals surface area contributed by atoms with Gasteiger partial charge in [-0.3, -0.25) is 0 Å². The second kappa shape index (κ2) is 3.12. The summed E-state index contributed by atoms with van der Waals surface area (Å²) >= 11 is 1.77. The molecule has 0 aromatic heterocycles. The van der Waals surface area contributed by atoms with Crippen LogP contribution < -0.4 is 0 Å². The van der Waals surface area contributed by atoms with Gasteiger partial charge in [0.25, 0.3) is 0 Å². The van der Waals surface area contributed by atoms with Gasteiger partial charge in [0.05, 0.1) is 0 Å². The normalized spacial score (nSPS) is 33.7. The molecule has 0 bridgehead atoms. The monoisotopic (exact) mass is 231 g/mol. The third kappa shape index (κ3) is 1.28. The van der Waals surface area contributed by atoms with Crippen molar-refractivity contribution in [1.29, 1.82) is 0 Å². The topological polar surface area (TPSA) is 0 Å². The van der Waals surface area contributed by atoms with Gasteiger partial charge in [-0.05, 0) is 0 Å². The summed E-state index contributed by atoms with van der Waals surface area (Å²) in [6.45, 7) is 9.29. The minimum atomic E-state index is -0.0772. The summed E-state index contributed by atoms with van der Waals surface area (Å²) in [7, 11) is 0. The van der Waals surface area contributed by atoms with Gasteiger partial charge >= 0.3 is 78.8 Å². The zero-order valence-electron chi connectivity index (χ0n) is 7.08. The van der Waals surface area contributed by atoms with Gasteiger partial charge in [-0.15, -0.1) is 0 Å². The van der Waals surface area contributed by atoms with E-state index in [4.69, 9.17) is 0 Å². The van der Waals surface area contributed by atoms with Gasteiger partial charge in [0.15, 0.2) is 0 Å². The Bertz CT molecular complexity index is 201. The molecule has 10 heavy (non-hydrogen) atoms. The fourth-order valence-corrected chi connectivity index (χ4v) is 6.24. The van der Waals surface area contributed by atoms with E-state index in [2.05, 4.69) is 27.7 Å². The van der Waals surface area contributed by atoms with Crippen molar-refractivity contribution in [2.75, 3.05) is 0 Å². The molecule has 0 aromatic rings. The van der Waals surface area contributed by atoms with E-state index in [9.17, 15) is 0 Å². The summed E-state index contributed by atoms with van der Waals surface area (Å²) < 4.78 is 0. The molecule has 0 saturated carbocycles. The molecule has 0 nitrogen and oxygen atoms in total. The molecule has 0 aromatic carbocycles. The van der Waals surface area contributed by atoms with E-state index in [0.717, 1.165) is 5.66 Å². The maximum absolute atomic E-state index is 2.39. The van der Waals surface area contributed by atoms with Crippen LogP contribution in [-0.4, -0.2) is 11.0 Å². The molecule has 1 heterocycles. The number of allylic oxidation sites excluding steroid dienone is 2. The Morgan fingerprint density at radius 3 is 1.90 bits per heavy atom. The molecular weight excluding hydrogens is 218 g/mol. The van der Waals surface area contributed by atoms with Crippen molar-refractivity contribution >= 4 is 10.1 Å². The number of rotatable bonds is 0. The second-order valence-corrected chi connectivity index (χ2v) is 9.48. The first-order valence-electron chi connectivity index (χ1n) is 3.65. The summed E-state index contributed by atoms with van der Waals surface area (Å²) in [5.41, 5.74) is 4.18. The van der Waals surface area contributed by atoms with E-state index >= 15 is 0 Å². The molecule has 0 aliphatic carbocycles. The quantitative estimate of drug-likeness (QED) is 0.563. The molecule has 0 amide bonds. The van der Waals surface area contributed by atoms with Gasteiger partial charge in [0.1, 0.15) is 0 Å². The second-order valence-electron chi connectivity index (χ2n) is 3.07. The van der Waals surface area contributed by atoms with Crippen LogP contribution in [0.15, 0.2) is 11.1 Å². The van der Waals surface area contributed by atoms with Crippen LogP contribution in [0.4, 0.5) is 0 Å². The van der Waals surface area contributed by atoms with E-state index in [-0.39, 0.29) is 4.84 Å². The fraction of sp³-hybridized carbons (Fsp3) is 0.625. The first-order valence-corrected chi connectivity index (χ1v) is 8.92. The number of hydrogen-bond acceptors (Lipinski definition) is 0. The molecule has 2 unspecified atom stereocenters. The van der Waals surface area contributed by atoms with Crippen molar-refractivity contribution in [2.45, 2.75) is 33.4 Å². The fourth-order valence-electron chi connectivity index (χ4n) is 1.36. The first-order chi connectivity index (χ1) is 4.55. The molecule has 0 saturated heterocycles. The molecule has 0 N–H and O–H groups in total. The molecule has 0 fully saturated rings. The standard InChI is InChI=1S/C8H13P.Zr/c1-5-6(2)8(4)9-7(5)3;/h7H,1-4H3;/q;-1/p+1. The van der Waals surface area contributed by atoms with Crippen molar-refractivity contribution in [3.63, 3.8) is 0 Å². The molecule has 0 spiro atoms. The third-order valence-electron chi connectivity index (χ3n) is 2.64. The van der Waals surface area contributed by atoms with Crippen molar-refractivity contribution in [3.05, 3.63) is 11.1 Å². The molecular formula is C8H14PZr. The van der Waals surface area contributed by atoms with Crippen molar-refractivity contribution in [3.8, 4) is 0 Å². The van der Waals surface area contributed by atoms with E-state index in [1.165, 1.54) is 0 Å². The maximum atomic E-state index is 2.39. The molecule has 2 heteroatoms. The SMILES string of the molecule is CC1=C(C)C(C)[PH]([Zr])=C1C. The van der Waals surface area contributed by atoms with Gasteiger partial charge in [-0.2, -0.15) is 0 Å². The van der Waals surface area contributed by atoms with Crippen LogP contribution in [0.25, 0.3) is 0 Å². The number of hydrogen-bond donors (Lipinski definition) is 0. The summed E-state index contributed by atoms with van der Waals surface area (Å²) in [5, 5.41) is 1.73. The van der Waals surface area contributed by atoms with Gasteiger partial charge in [0, 0.05) is 0 Å². The summed E-state index contributed by atoms with van der Waals surface area (Å²) in [6, 6.07) is 0. The van der Waals surface area contributed by atoms with E-state index < -0.39 is 0 Å². The van der Waals surface area contributed by atoms with Crippen LogP contribution in [0.5, 0.6) is 0 Å². The van der Waals surface area contributed by atoms with E-state index in [1.54, 1.807) is 40.6 Å². The Hall–Kier alpha value is 0.923. The van der Waals surface area contributed by atoms with Crippen LogP contribution >= 0.6 is 4.84 Å². The Kier molecular flexibility index (Phi) is 2.81. The van der Waals surface area contributed by atoms with Gasteiger partial charge in [0.2, 0.25) is 0 Å². The average Bonchev–Trinajstić information content (AvgIpc) is 2.07. The molecule has 0 radical (unpaired) electrons. The van der Waals surface area contributed by atoms with Crippen LogP contribution in [0.2, 0.25) is 0 Å². The molecule has 1 aliphatic rings. The van der Waals surface area contributed by atoms with Crippen molar-refractivity contribution in [1.82, 2.24) is 0 Å². The predicted octanol–water partition coefficient (Wildman–Crippen LogP) is 2.59. The zero-order valence-corrected chi connectivity index (χ0v) is 10.5. The average molecular weight is 232 g/mol. The summed E-state index contributed by atoms with van der Waals surface area (Å²) in [5.74, 6) is 0. The Morgan fingerprint density at radius 2 is 1.80 bits per heavy atom. The van der Waals surface area contributed by atoms with E-state index in [0.29, 0.717) is 0 Å². The molecule has 2 atom stereocenters. The predicted molar refractivity (Wildman–Crippen MR) is 46.8 cm³/mol. The Balaban J connectivity index is 3.09. The molecule has 1 aliphatic heterocycles. The third-order valence-corrected chi connectivity index (χ3v) is 11.1. The minimum absolute atomic E-state index is 0.0772.